The van der Waals surface area contributed by atoms with Gasteiger partial charge in [0.25, 0.3) is 0 Å². The number of aromatic nitrogens is 2. The molecule has 9 heteroatoms. The number of halogens is 2. The van der Waals surface area contributed by atoms with E-state index in [0.717, 1.165) is 41.1 Å². The zero-order valence-electron chi connectivity index (χ0n) is 34.4. The largest absolute Gasteiger partial charge is 0.451 e. The van der Waals surface area contributed by atoms with Crippen LogP contribution in [-0.4, -0.2) is 21.5 Å². The minimum Gasteiger partial charge on any atom is -0.451 e. The van der Waals surface area contributed by atoms with Crippen molar-refractivity contribution in [2.75, 3.05) is 0 Å². The van der Waals surface area contributed by atoms with Crippen LogP contribution in [0.25, 0.3) is 22.4 Å². The first-order valence-electron chi connectivity index (χ1n) is 18.7. The van der Waals surface area contributed by atoms with Crippen molar-refractivity contribution in [2.45, 2.75) is 141 Å². The van der Waals surface area contributed by atoms with Crippen molar-refractivity contribution < 1.29 is 13.6 Å². The summed E-state index contributed by atoms with van der Waals surface area (Å²) in [6.07, 6.45) is 7.22. The Hall–Kier alpha value is -3.62. The Morgan fingerprint density at radius 2 is 1.56 bits per heavy atom. The van der Waals surface area contributed by atoms with Gasteiger partial charge in [0.05, 0.1) is 16.4 Å². The maximum Gasteiger partial charge on any atom is 0.200 e. The van der Waals surface area contributed by atoms with Gasteiger partial charge in [0, 0.05) is 40.1 Å². The highest BCUT2D eigenvalue weighted by molar-refractivity contribution is 6.30. The number of nitrogens with two attached hydrogens (primary N) is 1. The van der Waals surface area contributed by atoms with Gasteiger partial charge in [-0.2, -0.15) is 5.10 Å². The third kappa shape index (κ3) is 15.2. The van der Waals surface area contributed by atoms with Gasteiger partial charge in [-0.05, 0) is 67.9 Å². The Morgan fingerprint density at radius 3 is 2.00 bits per heavy atom. The van der Waals surface area contributed by atoms with E-state index in [4.69, 9.17) is 21.9 Å². The molecule has 0 aliphatic carbocycles. The first-order chi connectivity index (χ1) is 24.2. The summed E-state index contributed by atoms with van der Waals surface area (Å²) in [4.78, 5) is 21.3. The quantitative estimate of drug-likeness (QED) is 0.0766. The second kappa shape index (κ2) is 21.8. The van der Waals surface area contributed by atoms with Crippen LogP contribution in [0.4, 0.5) is 4.39 Å². The third-order valence-electron chi connectivity index (χ3n) is 7.99. The third-order valence-corrected chi connectivity index (χ3v) is 8.30. The number of pyridine rings is 2. The summed E-state index contributed by atoms with van der Waals surface area (Å²) in [5, 5.41) is 4.15. The van der Waals surface area contributed by atoms with Crippen molar-refractivity contribution in [3.63, 3.8) is 0 Å². The van der Waals surface area contributed by atoms with Crippen LogP contribution in [-0.2, 0) is 5.41 Å². The highest BCUT2D eigenvalue weighted by atomic mass is 35.5. The molecule has 0 atom stereocenters. The minimum atomic E-state index is -0.494. The molecule has 0 spiro atoms. The molecule has 0 aliphatic heterocycles. The highest BCUT2D eigenvalue weighted by Gasteiger charge is 2.25. The summed E-state index contributed by atoms with van der Waals surface area (Å²) in [5.41, 5.74) is 10.1. The predicted octanol–water partition coefficient (Wildman–Crippen LogP) is 12.7. The van der Waals surface area contributed by atoms with Gasteiger partial charge in [-0.25, -0.2) is 20.8 Å². The number of fused-ring (bicyclic) bond motifs is 1. The van der Waals surface area contributed by atoms with E-state index >= 15 is 0 Å². The summed E-state index contributed by atoms with van der Waals surface area (Å²) >= 11 is 5.79. The van der Waals surface area contributed by atoms with E-state index in [2.05, 4.69) is 89.8 Å². The molecule has 0 unspecified atom stereocenters. The number of Topliss-reactive ketones (excluding diaryl/α,β-unsaturated/α-hetero) is 1. The number of unbranched alkanes of at least 4 members (excludes halogenated alkanes) is 1. The molecule has 7 nitrogen and oxygen atoms in total. The molecule has 0 aliphatic rings. The van der Waals surface area contributed by atoms with Crippen molar-refractivity contribution in [1.29, 1.82) is 0 Å². The number of hydrazone groups is 1. The number of carbonyl (C=O) groups excluding carboxylic acids is 1. The molecule has 3 N–H and O–H groups in total. The van der Waals surface area contributed by atoms with E-state index in [1.54, 1.807) is 12.1 Å². The van der Waals surface area contributed by atoms with Crippen molar-refractivity contribution in [1.82, 2.24) is 15.5 Å². The normalized spacial score (nSPS) is 11.6. The molecular weight excluding hydrogens is 673 g/mol. The summed E-state index contributed by atoms with van der Waals surface area (Å²) in [6, 6.07) is 12.2. The van der Waals surface area contributed by atoms with Crippen molar-refractivity contribution in [3.8, 4) is 11.3 Å². The number of benzene rings is 1. The Kier molecular flexibility index (Phi) is 19.4. The smallest absolute Gasteiger partial charge is 0.200 e. The summed E-state index contributed by atoms with van der Waals surface area (Å²) < 4.78 is 19.8. The number of ketones is 1. The second-order valence-corrected chi connectivity index (χ2v) is 16.0. The molecular formula is C43H65ClFN5O2. The number of hydrazine groups is 1. The van der Waals surface area contributed by atoms with Crippen LogP contribution in [0.2, 0.25) is 5.02 Å². The van der Waals surface area contributed by atoms with Crippen molar-refractivity contribution in [2.24, 2.45) is 22.3 Å². The van der Waals surface area contributed by atoms with E-state index in [0.29, 0.717) is 33.5 Å². The first-order valence-corrected chi connectivity index (χ1v) is 19.0. The number of aryl methyl sites for hydroxylation is 2. The molecule has 0 amide bonds. The lowest BCUT2D eigenvalue weighted by molar-refractivity contribution is 0.0913. The summed E-state index contributed by atoms with van der Waals surface area (Å²) in [5.74, 6) is 4.79. The van der Waals surface area contributed by atoms with E-state index in [-0.39, 0.29) is 22.1 Å². The van der Waals surface area contributed by atoms with Gasteiger partial charge < -0.3 is 4.42 Å². The van der Waals surface area contributed by atoms with Gasteiger partial charge in [0.2, 0.25) is 5.78 Å². The number of hydrogen-bond acceptors (Lipinski definition) is 7. The van der Waals surface area contributed by atoms with E-state index in [1.165, 1.54) is 37.8 Å². The maximum absolute atomic E-state index is 13.9. The molecule has 0 bridgehead atoms. The predicted molar refractivity (Wildman–Crippen MR) is 220 cm³/mol. The van der Waals surface area contributed by atoms with Crippen LogP contribution in [0.15, 0.2) is 52.0 Å². The van der Waals surface area contributed by atoms with Gasteiger partial charge in [0.15, 0.2) is 11.3 Å². The van der Waals surface area contributed by atoms with Crippen LogP contribution >= 0.6 is 11.6 Å². The zero-order valence-corrected chi connectivity index (χ0v) is 35.1. The SMILES string of the molecule is CC(C)C(=O)c1cc2nc(-c3ccc(Cl)c(F)c3)cc(C(C)(C)C)c2o1.CCC/C(=N\NN)c1ccc(C)nc1C.CCCC.CCCC(C)(C)C. The molecule has 0 saturated carbocycles. The van der Waals surface area contributed by atoms with Crippen LogP contribution in [0.5, 0.6) is 0 Å². The lowest BCUT2D eigenvalue weighted by Gasteiger charge is -2.20. The van der Waals surface area contributed by atoms with Crippen molar-refractivity contribution >= 4 is 34.2 Å². The molecule has 3 aromatic heterocycles. The maximum atomic E-state index is 13.9. The fourth-order valence-electron chi connectivity index (χ4n) is 5.10. The number of nitrogens with zero attached hydrogens (tertiary/aromatic N) is 3. The average Bonchev–Trinajstić information content (AvgIpc) is 3.49. The monoisotopic (exact) mass is 737 g/mol. The van der Waals surface area contributed by atoms with Gasteiger partial charge in [-0.1, -0.05) is 126 Å². The Labute approximate surface area is 318 Å². The molecule has 4 rings (SSSR count). The zero-order chi connectivity index (χ0) is 39.8. The molecule has 0 radical (unpaired) electrons. The average molecular weight is 738 g/mol. The number of furan rings is 1. The van der Waals surface area contributed by atoms with Crippen LogP contribution < -0.4 is 11.4 Å². The van der Waals surface area contributed by atoms with Crippen LogP contribution in [0.3, 0.4) is 0 Å². The number of hydrogen-bond donors (Lipinski definition) is 2. The molecule has 4 aromatic rings. The lowest BCUT2D eigenvalue weighted by atomic mass is 9.86. The van der Waals surface area contributed by atoms with Gasteiger partial charge in [-0.15, -0.1) is 0 Å². The van der Waals surface area contributed by atoms with Gasteiger partial charge in [0.1, 0.15) is 11.3 Å². The van der Waals surface area contributed by atoms with Crippen molar-refractivity contribution in [3.05, 3.63) is 81.6 Å². The Morgan fingerprint density at radius 1 is 0.923 bits per heavy atom. The van der Waals surface area contributed by atoms with E-state index in [9.17, 15) is 9.18 Å². The van der Waals surface area contributed by atoms with Gasteiger partial charge in [-0.3, -0.25) is 9.78 Å². The lowest BCUT2D eigenvalue weighted by Crippen LogP contribution is -2.18. The number of carbonyl (C=O) groups is 1. The Bertz CT molecular complexity index is 1730. The van der Waals surface area contributed by atoms with Gasteiger partial charge >= 0.3 is 0 Å². The standard InChI is InChI=1S/C21H21ClFNO2.C11H18N4.C7H16.C4H10/c1-11(2)19(25)18-10-17-20(26-18)13(21(3,4)5)9-16(24-17)12-6-7-14(22)15(23)8-12;1-4-5-11(14-15-12)10-7-6-8(2)13-9(10)3;1-5-6-7(2,3)4;1-3-4-2/h6-11H,1-5H3;6-7,15H,4-5,12H2,1-3H3;5-6H2,1-4H3;3-4H2,1-2H3/b;14-11+;;. The fraction of sp³-hybridized carbons (Fsp3) is 0.535. The fourth-order valence-corrected chi connectivity index (χ4v) is 5.21. The Balaban J connectivity index is 0.000000436. The summed E-state index contributed by atoms with van der Waals surface area (Å²) in [6.45, 7) is 29.3. The first kappa shape index (κ1) is 46.4. The topological polar surface area (TPSA) is 106 Å². The molecule has 0 fully saturated rings. The molecule has 52 heavy (non-hydrogen) atoms. The van der Waals surface area contributed by atoms with Crippen LogP contribution in [0, 0.1) is 31.0 Å². The molecule has 3 heterocycles. The van der Waals surface area contributed by atoms with E-state index < -0.39 is 5.82 Å². The second-order valence-electron chi connectivity index (χ2n) is 15.6. The number of nitrogens with one attached hydrogen (secondary N) is 1. The molecule has 288 valence electrons. The molecule has 1 aromatic carbocycles. The van der Waals surface area contributed by atoms with Crippen LogP contribution in [0.1, 0.15) is 155 Å². The number of rotatable bonds is 9. The summed E-state index contributed by atoms with van der Waals surface area (Å²) in [7, 11) is 0. The molecule has 0 saturated heterocycles. The minimum absolute atomic E-state index is 0.0676. The highest BCUT2D eigenvalue weighted by Crippen LogP contribution is 2.35. The van der Waals surface area contributed by atoms with E-state index in [1.807, 2.05) is 45.9 Å².